The minimum atomic E-state index is -0.315. The molecule has 0 bridgehead atoms. The third-order valence-corrected chi connectivity index (χ3v) is 5.51. The van der Waals surface area contributed by atoms with E-state index in [2.05, 4.69) is 4.90 Å². The minimum absolute atomic E-state index is 0.104. The summed E-state index contributed by atoms with van der Waals surface area (Å²) in [6.45, 7) is 3.80. The summed E-state index contributed by atoms with van der Waals surface area (Å²) in [5.41, 5.74) is 6.93. The number of nitrogens with two attached hydrogens (primary N) is 1. The van der Waals surface area contributed by atoms with Gasteiger partial charge in [-0.05, 0) is 37.0 Å². The van der Waals surface area contributed by atoms with Crippen LogP contribution in [0, 0.1) is 11.7 Å². The predicted molar refractivity (Wildman–Crippen MR) is 93.2 cm³/mol. The van der Waals surface area contributed by atoms with Crippen LogP contribution in [-0.4, -0.2) is 47.9 Å². The lowest BCUT2D eigenvalue weighted by atomic mass is 9.85. The first-order valence-electron chi connectivity index (χ1n) is 8.73. The second-order valence-corrected chi connectivity index (χ2v) is 7.37. The van der Waals surface area contributed by atoms with Crippen LogP contribution in [0.2, 0.25) is 5.02 Å². The van der Waals surface area contributed by atoms with Crippen molar-refractivity contribution in [2.24, 2.45) is 11.7 Å². The summed E-state index contributed by atoms with van der Waals surface area (Å²) < 4.78 is 13.1. The van der Waals surface area contributed by atoms with Crippen molar-refractivity contribution in [2.75, 3.05) is 26.2 Å². The zero-order valence-corrected chi connectivity index (χ0v) is 14.6. The summed E-state index contributed by atoms with van der Waals surface area (Å²) in [7, 11) is 0. The maximum Gasteiger partial charge on any atom is 0.225 e. The van der Waals surface area contributed by atoms with Gasteiger partial charge in [0.1, 0.15) is 5.82 Å². The molecule has 1 saturated heterocycles. The third kappa shape index (κ3) is 4.26. The number of carbonyl (C=O) groups excluding carboxylic acids is 1. The van der Waals surface area contributed by atoms with Gasteiger partial charge < -0.3 is 10.6 Å². The maximum absolute atomic E-state index is 13.1. The number of carbonyl (C=O) groups is 1. The molecule has 1 heterocycles. The van der Waals surface area contributed by atoms with Crippen molar-refractivity contribution >= 4 is 17.5 Å². The molecule has 2 N–H and O–H groups in total. The fourth-order valence-corrected chi connectivity index (χ4v) is 3.95. The van der Waals surface area contributed by atoms with E-state index in [9.17, 15) is 9.18 Å². The van der Waals surface area contributed by atoms with Crippen molar-refractivity contribution in [1.82, 2.24) is 9.80 Å². The van der Waals surface area contributed by atoms with Crippen LogP contribution in [0.1, 0.15) is 31.2 Å². The summed E-state index contributed by atoms with van der Waals surface area (Å²) in [6.07, 6.45) is 3.89. The Hall–Kier alpha value is -1.17. The van der Waals surface area contributed by atoms with Gasteiger partial charge in [0, 0.05) is 49.7 Å². The Labute approximate surface area is 147 Å². The number of hydrogen-bond acceptors (Lipinski definition) is 3. The lowest BCUT2D eigenvalue weighted by molar-refractivity contribution is -0.138. The molecule has 0 radical (unpaired) electrons. The quantitative estimate of drug-likeness (QED) is 0.908. The van der Waals surface area contributed by atoms with Crippen LogP contribution in [0.3, 0.4) is 0 Å². The number of rotatable bonds is 3. The van der Waals surface area contributed by atoms with E-state index in [4.69, 9.17) is 17.3 Å². The van der Waals surface area contributed by atoms with E-state index in [1.54, 1.807) is 6.07 Å². The van der Waals surface area contributed by atoms with E-state index in [0.717, 1.165) is 57.4 Å². The molecule has 2 aliphatic rings. The zero-order chi connectivity index (χ0) is 17.1. The van der Waals surface area contributed by atoms with Crippen LogP contribution in [0.5, 0.6) is 0 Å². The van der Waals surface area contributed by atoms with E-state index < -0.39 is 0 Å². The molecule has 2 atom stereocenters. The highest BCUT2D eigenvalue weighted by atomic mass is 35.5. The van der Waals surface area contributed by atoms with E-state index in [-0.39, 0.29) is 23.7 Å². The molecule has 2 fully saturated rings. The van der Waals surface area contributed by atoms with Crippen LogP contribution in [-0.2, 0) is 11.3 Å². The van der Waals surface area contributed by atoms with Crippen LogP contribution in [0.4, 0.5) is 4.39 Å². The van der Waals surface area contributed by atoms with Crippen molar-refractivity contribution in [3.8, 4) is 0 Å². The molecule has 0 aromatic heterocycles. The molecule has 0 spiro atoms. The molecule has 1 amide bonds. The van der Waals surface area contributed by atoms with Crippen LogP contribution in [0.25, 0.3) is 0 Å². The number of hydrogen-bond donors (Lipinski definition) is 1. The summed E-state index contributed by atoms with van der Waals surface area (Å²) in [5.74, 6) is 0.0568. The highest BCUT2D eigenvalue weighted by Gasteiger charge is 2.30. The second kappa shape index (κ2) is 7.81. The molecule has 1 aliphatic heterocycles. The Kier molecular flexibility index (Phi) is 5.74. The number of halogens is 2. The van der Waals surface area contributed by atoms with Crippen molar-refractivity contribution in [3.63, 3.8) is 0 Å². The van der Waals surface area contributed by atoms with Gasteiger partial charge in [-0.15, -0.1) is 0 Å². The van der Waals surface area contributed by atoms with Crippen molar-refractivity contribution < 1.29 is 9.18 Å². The molecular formula is C18H25ClFN3O. The average molecular weight is 354 g/mol. The molecule has 4 nitrogen and oxygen atoms in total. The Morgan fingerprint density at radius 2 is 2.00 bits per heavy atom. The largest absolute Gasteiger partial charge is 0.340 e. The van der Waals surface area contributed by atoms with Gasteiger partial charge in [0.05, 0.1) is 0 Å². The fraction of sp³-hybridized carbons (Fsp3) is 0.611. The van der Waals surface area contributed by atoms with Gasteiger partial charge in [-0.1, -0.05) is 24.1 Å². The first-order chi connectivity index (χ1) is 11.5. The fourth-order valence-electron chi connectivity index (χ4n) is 3.73. The molecule has 1 aromatic rings. The van der Waals surface area contributed by atoms with Gasteiger partial charge in [-0.3, -0.25) is 9.69 Å². The molecule has 2 unspecified atom stereocenters. The van der Waals surface area contributed by atoms with Crippen molar-refractivity contribution in [3.05, 3.63) is 34.6 Å². The Bertz CT molecular complexity index is 590. The number of nitrogens with zero attached hydrogens (tertiary/aromatic N) is 2. The van der Waals surface area contributed by atoms with Gasteiger partial charge in [0.25, 0.3) is 0 Å². The van der Waals surface area contributed by atoms with E-state index >= 15 is 0 Å². The highest BCUT2D eigenvalue weighted by Crippen LogP contribution is 2.26. The number of amides is 1. The molecule has 132 valence electrons. The topological polar surface area (TPSA) is 49.6 Å². The molecule has 1 aliphatic carbocycles. The highest BCUT2D eigenvalue weighted by molar-refractivity contribution is 6.31. The minimum Gasteiger partial charge on any atom is -0.340 e. The lowest BCUT2D eigenvalue weighted by Gasteiger charge is -2.38. The second-order valence-electron chi connectivity index (χ2n) is 6.96. The molecule has 3 rings (SSSR count). The molecule has 24 heavy (non-hydrogen) atoms. The number of piperazine rings is 1. The zero-order valence-electron chi connectivity index (χ0n) is 13.9. The molecular weight excluding hydrogens is 329 g/mol. The van der Waals surface area contributed by atoms with Gasteiger partial charge in [0.15, 0.2) is 0 Å². The van der Waals surface area contributed by atoms with Gasteiger partial charge in [-0.25, -0.2) is 4.39 Å². The van der Waals surface area contributed by atoms with E-state index in [1.807, 2.05) is 4.90 Å². The van der Waals surface area contributed by atoms with Crippen LogP contribution >= 0.6 is 11.6 Å². The standard InChI is InChI=1S/C18H25ClFN3O/c19-17-11-15(20)5-4-14(17)12-22-6-8-23(9-7-22)18(24)13-2-1-3-16(21)10-13/h4-5,11,13,16H,1-3,6-10,12,21H2. The summed E-state index contributed by atoms with van der Waals surface area (Å²) >= 11 is 6.10. The molecule has 1 aromatic carbocycles. The molecule has 1 saturated carbocycles. The van der Waals surface area contributed by atoms with Gasteiger partial charge in [-0.2, -0.15) is 0 Å². The van der Waals surface area contributed by atoms with Gasteiger partial charge >= 0.3 is 0 Å². The first kappa shape index (κ1) is 17.6. The van der Waals surface area contributed by atoms with Gasteiger partial charge in [0.2, 0.25) is 5.91 Å². The molecule has 6 heteroatoms. The maximum atomic E-state index is 13.1. The Morgan fingerprint density at radius 3 is 2.67 bits per heavy atom. The summed E-state index contributed by atoms with van der Waals surface area (Å²) in [5, 5.41) is 0.463. The monoisotopic (exact) mass is 353 g/mol. The van der Waals surface area contributed by atoms with Crippen molar-refractivity contribution in [1.29, 1.82) is 0 Å². The van der Waals surface area contributed by atoms with Crippen LogP contribution < -0.4 is 5.73 Å². The van der Waals surface area contributed by atoms with E-state index in [1.165, 1.54) is 12.1 Å². The van der Waals surface area contributed by atoms with Crippen molar-refractivity contribution in [2.45, 2.75) is 38.3 Å². The predicted octanol–water partition coefficient (Wildman–Crippen LogP) is 2.64. The summed E-state index contributed by atoms with van der Waals surface area (Å²) in [4.78, 5) is 16.9. The Balaban J connectivity index is 1.51. The smallest absolute Gasteiger partial charge is 0.225 e. The normalized spacial score (nSPS) is 25.7. The van der Waals surface area contributed by atoms with E-state index in [0.29, 0.717) is 11.6 Å². The Morgan fingerprint density at radius 1 is 1.25 bits per heavy atom. The SMILES string of the molecule is NC1CCCC(C(=O)N2CCN(Cc3ccc(F)cc3Cl)CC2)C1. The summed E-state index contributed by atoms with van der Waals surface area (Å²) in [6, 6.07) is 4.70. The third-order valence-electron chi connectivity index (χ3n) is 5.16. The first-order valence-corrected chi connectivity index (χ1v) is 9.11. The number of benzene rings is 1. The average Bonchev–Trinajstić information content (AvgIpc) is 2.57. The van der Waals surface area contributed by atoms with Crippen LogP contribution in [0.15, 0.2) is 18.2 Å². The lowest BCUT2D eigenvalue weighted by Crippen LogP contribution is -2.51.